The molecular formula is C14H18N4. The molecule has 94 valence electrons. The van der Waals surface area contributed by atoms with Crippen LogP contribution in [0.15, 0.2) is 24.5 Å². The van der Waals surface area contributed by atoms with Crippen LogP contribution in [-0.2, 0) is 12.8 Å². The average molecular weight is 242 g/mol. The van der Waals surface area contributed by atoms with Crippen molar-refractivity contribution in [3.63, 3.8) is 0 Å². The summed E-state index contributed by atoms with van der Waals surface area (Å²) in [5, 5.41) is 0. The Morgan fingerprint density at radius 3 is 2.50 bits per heavy atom. The van der Waals surface area contributed by atoms with E-state index in [9.17, 15) is 0 Å². The molecule has 0 aliphatic heterocycles. The minimum atomic E-state index is 0.782. The summed E-state index contributed by atoms with van der Waals surface area (Å²) in [5.74, 6) is 1.85. The van der Waals surface area contributed by atoms with E-state index >= 15 is 0 Å². The Kier molecular flexibility index (Phi) is 2.78. The first-order chi connectivity index (χ1) is 8.75. The van der Waals surface area contributed by atoms with Gasteiger partial charge in [0.2, 0.25) is 5.95 Å². The van der Waals surface area contributed by atoms with Crippen LogP contribution >= 0.6 is 0 Å². The van der Waals surface area contributed by atoms with Gasteiger partial charge in [0.25, 0.3) is 0 Å². The van der Waals surface area contributed by atoms with Crippen LogP contribution in [0.2, 0.25) is 0 Å². The molecule has 0 amide bonds. The first-order valence-corrected chi connectivity index (χ1v) is 6.46. The summed E-state index contributed by atoms with van der Waals surface area (Å²) in [6, 6.07) is 4.00. The third-order valence-corrected chi connectivity index (χ3v) is 3.41. The van der Waals surface area contributed by atoms with Crippen molar-refractivity contribution in [3.8, 4) is 5.95 Å². The van der Waals surface area contributed by atoms with Crippen molar-refractivity contribution in [1.82, 2.24) is 14.5 Å². The number of hydrogen-bond acceptors (Lipinski definition) is 3. The van der Waals surface area contributed by atoms with Gasteiger partial charge in [0.1, 0.15) is 5.82 Å². The molecular weight excluding hydrogens is 224 g/mol. The summed E-state index contributed by atoms with van der Waals surface area (Å²) in [6.45, 7) is 0. The highest BCUT2D eigenvalue weighted by molar-refractivity contribution is 5.50. The number of anilines is 1. The van der Waals surface area contributed by atoms with E-state index < -0.39 is 0 Å². The highest BCUT2D eigenvalue weighted by atomic mass is 15.2. The van der Waals surface area contributed by atoms with E-state index in [0.29, 0.717) is 0 Å². The second kappa shape index (κ2) is 4.44. The zero-order chi connectivity index (χ0) is 12.5. The Labute approximate surface area is 107 Å². The molecule has 0 saturated carbocycles. The van der Waals surface area contributed by atoms with Gasteiger partial charge in [0.15, 0.2) is 0 Å². The van der Waals surface area contributed by atoms with Gasteiger partial charge in [0.05, 0.1) is 5.69 Å². The summed E-state index contributed by atoms with van der Waals surface area (Å²) in [5.41, 5.74) is 2.56. The SMILES string of the molecule is CN(C)c1nc(-n2cccc2)nc2c1CCCC2. The molecule has 0 unspecified atom stereocenters. The summed E-state index contributed by atoms with van der Waals surface area (Å²) < 4.78 is 1.97. The van der Waals surface area contributed by atoms with Crippen molar-refractivity contribution in [2.45, 2.75) is 25.7 Å². The normalized spacial score (nSPS) is 14.3. The van der Waals surface area contributed by atoms with Gasteiger partial charge in [-0.1, -0.05) is 0 Å². The summed E-state index contributed by atoms with van der Waals surface area (Å²) in [6.07, 6.45) is 8.65. The van der Waals surface area contributed by atoms with Crippen LogP contribution in [0.25, 0.3) is 5.95 Å². The molecule has 3 rings (SSSR count). The molecule has 18 heavy (non-hydrogen) atoms. The molecule has 0 fully saturated rings. The number of aryl methyl sites for hydroxylation is 1. The highest BCUT2D eigenvalue weighted by Crippen LogP contribution is 2.27. The van der Waals surface area contributed by atoms with Crippen LogP contribution in [0.1, 0.15) is 24.1 Å². The molecule has 1 aliphatic carbocycles. The minimum absolute atomic E-state index is 0.782. The predicted molar refractivity (Wildman–Crippen MR) is 72.3 cm³/mol. The molecule has 4 nitrogen and oxygen atoms in total. The molecule has 4 heteroatoms. The summed E-state index contributed by atoms with van der Waals surface area (Å²) in [7, 11) is 4.10. The number of fused-ring (bicyclic) bond motifs is 1. The Balaban J connectivity index is 2.15. The quantitative estimate of drug-likeness (QED) is 0.809. The van der Waals surface area contributed by atoms with Crippen molar-refractivity contribution < 1.29 is 0 Å². The van der Waals surface area contributed by atoms with Gasteiger partial charge in [-0.2, -0.15) is 4.98 Å². The number of rotatable bonds is 2. The minimum Gasteiger partial charge on any atom is -0.362 e. The van der Waals surface area contributed by atoms with E-state index in [1.54, 1.807) is 0 Å². The van der Waals surface area contributed by atoms with Crippen LogP contribution in [0, 0.1) is 0 Å². The standard InChI is InChI=1S/C14H18N4/c1-17(2)13-11-7-3-4-8-12(11)15-14(16-13)18-9-5-6-10-18/h5-6,9-10H,3-4,7-8H2,1-2H3. The topological polar surface area (TPSA) is 34.0 Å². The van der Waals surface area contributed by atoms with Crippen molar-refractivity contribution in [2.24, 2.45) is 0 Å². The Bertz CT molecular complexity index is 543. The Hall–Kier alpha value is -1.84. The molecule has 0 N–H and O–H groups in total. The average Bonchev–Trinajstić information content (AvgIpc) is 2.91. The van der Waals surface area contributed by atoms with E-state index in [0.717, 1.165) is 24.6 Å². The fourth-order valence-corrected chi connectivity index (χ4v) is 2.51. The summed E-state index contributed by atoms with van der Waals surface area (Å²) in [4.78, 5) is 11.5. The molecule has 0 bridgehead atoms. The lowest BCUT2D eigenvalue weighted by atomic mass is 9.96. The first kappa shape index (κ1) is 11.3. The maximum absolute atomic E-state index is 4.72. The predicted octanol–water partition coefficient (Wildman–Crippen LogP) is 2.21. The second-order valence-corrected chi connectivity index (χ2v) is 4.96. The molecule has 0 spiro atoms. The van der Waals surface area contributed by atoms with Crippen LogP contribution in [0.3, 0.4) is 0 Å². The summed E-state index contributed by atoms with van der Waals surface area (Å²) >= 11 is 0. The second-order valence-electron chi connectivity index (χ2n) is 4.96. The lowest BCUT2D eigenvalue weighted by Crippen LogP contribution is -2.19. The van der Waals surface area contributed by atoms with Crippen LogP contribution in [0.4, 0.5) is 5.82 Å². The van der Waals surface area contributed by atoms with E-state index in [4.69, 9.17) is 9.97 Å². The molecule has 2 aromatic rings. The van der Waals surface area contributed by atoms with E-state index in [1.165, 1.54) is 24.1 Å². The first-order valence-electron chi connectivity index (χ1n) is 6.46. The fraction of sp³-hybridized carbons (Fsp3) is 0.429. The number of aromatic nitrogens is 3. The van der Waals surface area contributed by atoms with Gasteiger partial charge in [-0.15, -0.1) is 0 Å². The number of hydrogen-bond donors (Lipinski definition) is 0. The van der Waals surface area contributed by atoms with Gasteiger partial charge < -0.3 is 4.90 Å². The lowest BCUT2D eigenvalue weighted by molar-refractivity contribution is 0.656. The molecule has 0 aromatic carbocycles. The zero-order valence-corrected chi connectivity index (χ0v) is 10.9. The van der Waals surface area contributed by atoms with Gasteiger partial charge >= 0.3 is 0 Å². The fourth-order valence-electron chi connectivity index (χ4n) is 2.51. The molecule has 0 atom stereocenters. The molecule has 0 saturated heterocycles. The van der Waals surface area contributed by atoms with Gasteiger partial charge in [-0.25, -0.2) is 4.98 Å². The van der Waals surface area contributed by atoms with Crippen molar-refractivity contribution in [3.05, 3.63) is 35.8 Å². The van der Waals surface area contributed by atoms with Gasteiger partial charge in [-0.05, 0) is 37.8 Å². The van der Waals surface area contributed by atoms with E-state index in [2.05, 4.69) is 19.0 Å². The van der Waals surface area contributed by atoms with Crippen molar-refractivity contribution >= 4 is 5.82 Å². The zero-order valence-electron chi connectivity index (χ0n) is 10.9. The van der Waals surface area contributed by atoms with Crippen LogP contribution < -0.4 is 4.90 Å². The van der Waals surface area contributed by atoms with E-state index in [-0.39, 0.29) is 0 Å². The largest absolute Gasteiger partial charge is 0.362 e. The van der Waals surface area contributed by atoms with Crippen molar-refractivity contribution in [2.75, 3.05) is 19.0 Å². The van der Waals surface area contributed by atoms with Crippen LogP contribution in [0.5, 0.6) is 0 Å². The van der Waals surface area contributed by atoms with Crippen LogP contribution in [-0.4, -0.2) is 28.6 Å². The molecule has 1 aliphatic rings. The maximum atomic E-state index is 4.72. The van der Waals surface area contributed by atoms with Crippen molar-refractivity contribution in [1.29, 1.82) is 0 Å². The smallest absolute Gasteiger partial charge is 0.235 e. The Morgan fingerprint density at radius 1 is 1.06 bits per heavy atom. The van der Waals surface area contributed by atoms with E-state index in [1.807, 2.05) is 29.1 Å². The highest BCUT2D eigenvalue weighted by Gasteiger charge is 2.19. The Morgan fingerprint density at radius 2 is 1.78 bits per heavy atom. The lowest BCUT2D eigenvalue weighted by Gasteiger charge is -2.22. The molecule has 2 aromatic heterocycles. The maximum Gasteiger partial charge on any atom is 0.235 e. The molecule has 0 radical (unpaired) electrons. The third kappa shape index (κ3) is 1.88. The molecule has 2 heterocycles. The monoisotopic (exact) mass is 242 g/mol. The number of nitrogens with zero attached hydrogens (tertiary/aromatic N) is 4. The van der Waals surface area contributed by atoms with Gasteiger partial charge in [-0.3, -0.25) is 4.57 Å². The van der Waals surface area contributed by atoms with Gasteiger partial charge in [0, 0.05) is 32.1 Å². The third-order valence-electron chi connectivity index (χ3n) is 3.41.